The second-order valence-corrected chi connectivity index (χ2v) is 8.53. The number of ketones is 1. The van der Waals surface area contributed by atoms with Crippen LogP contribution in [0.5, 0.6) is 28.7 Å². The van der Waals surface area contributed by atoms with Crippen molar-refractivity contribution in [2.75, 3.05) is 7.11 Å². The van der Waals surface area contributed by atoms with E-state index in [1.165, 1.54) is 31.4 Å². The number of aromatic hydroxyl groups is 3. The highest BCUT2D eigenvalue weighted by atomic mass is 16.5. The van der Waals surface area contributed by atoms with Gasteiger partial charge in [0.1, 0.15) is 22.8 Å². The van der Waals surface area contributed by atoms with Crippen LogP contribution in [0.1, 0.15) is 54.3 Å². The van der Waals surface area contributed by atoms with Crippen LogP contribution in [0.3, 0.4) is 0 Å². The molecule has 5 N–H and O–H groups in total. The van der Waals surface area contributed by atoms with Crippen molar-refractivity contribution in [3.05, 3.63) is 64.8 Å². The normalized spacial score (nSPS) is 18.7. The van der Waals surface area contributed by atoms with Gasteiger partial charge in [-0.1, -0.05) is 29.9 Å². The molecule has 0 saturated heterocycles. The van der Waals surface area contributed by atoms with Gasteiger partial charge in [-0.3, -0.25) is 4.79 Å². The first kappa shape index (κ1) is 25.1. The van der Waals surface area contributed by atoms with E-state index in [2.05, 4.69) is 6.58 Å². The molecule has 1 aliphatic rings. The Morgan fingerprint density at radius 2 is 1.91 bits per heavy atom. The van der Waals surface area contributed by atoms with Crippen molar-refractivity contribution in [1.82, 2.24) is 0 Å². The molecule has 34 heavy (non-hydrogen) atoms. The highest BCUT2D eigenvalue weighted by molar-refractivity contribution is 6.06. The van der Waals surface area contributed by atoms with E-state index in [0.717, 1.165) is 5.57 Å². The lowest BCUT2D eigenvalue weighted by Crippen LogP contribution is -2.36. The van der Waals surface area contributed by atoms with E-state index in [0.29, 0.717) is 24.0 Å². The molecule has 0 saturated carbocycles. The molecule has 3 atom stereocenters. The molecule has 1 heterocycles. The summed E-state index contributed by atoms with van der Waals surface area (Å²) in [4.78, 5) is 13.0. The lowest BCUT2D eigenvalue weighted by atomic mass is 9.90. The van der Waals surface area contributed by atoms with Gasteiger partial charge in [0.2, 0.25) is 5.78 Å². The van der Waals surface area contributed by atoms with E-state index in [4.69, 9.17) is 9.47 Å². The quantitative estimate of drug-likeness (QED) is 0.369. The molecule has 0 fully saturated rings. The molecule has 2 aromatic carbocycles. The SMILES string of the molecule is C=C(C)C(O)CC/C(C)=C/Cc1c(O)cc2c(c1O)C(=O)[C@H](O)[C@@H](c1ccc(O)c(OC)c1)O2. The lowest BCUT2D eigenvalue weighted by Gasteiger charge is -2.31. The van der Waals surface area contributed by atoms with Crippen LogP contribution in [-0.4, -0.2) is 50.6 Å². The average molecular weight is 471 g/mol. The Hall–Kier alpha value is -3.49. The average Bonchev–Trinajstić information content (AvgIpc) is 2.79. The first-order valence-electron chi connectivity index (χ1n) is 10.9. The summed E-state index contributed by atoms with van der Waals surface area (Å²) in [6, 6.07) is 5.52. The van der Waals surface area contributed by atoms with E-state index in [1.807, 2.05) is 6.92 Å². The van der Waals surface area contributed by atoms with E-state index in [1.54, 1.807) is 13.0 Å². The van der Waals surface area contributed by atoms with Gasteiger partial charge in [-0.15, -0.1) is 0 Å². The van der Waals surface area contributed by atoms with Gasteiger partial charge in [-0.05, 0) is 50.8 Å². The Kier molecular flexibility index (Phi) is 7.54. The summed E-state index contributed by atoms with van der Waals surface area (Å²) >= 11 is 0. The number of benzene rings is 2. The van der Waals surface area contributed by atoms with Crippen LogP contribution in [0.4, 0.5) is 0 Å². The highest BCUT2D eigenvalue weighted by Crippen LogP contribution is 2.45. The number of carbonyl (C=O) groups excluding carboxylic acids is 1. The van der Waals surface area contributed by atoms with Crippen LogP contribution in [0, 0.1) is 0 Å². The van der Waals surface area contributed by atoms with Gasteiger partial charge in [-0.25, -0.2) is 0 Å². The second kappa shape index (κ2) is 10.2. The standard InChI is InChI=1S/C26H30O8/c1-13(2)17(27)9-6-14(3)5-8-16-19(29)12-21-22(23(16)30)24(31)25(32)26(34-21)15-7-10-18(28)20(11-15)33-4/h5,7,10-12,17,25-30,32H,1,6,8-9H2,2-4H3/b14-5+/t17?,25-,26+/m0/s1. The number of fused-ring (bicyclic) bond motifs is 1. The predicted octanol–water partition coefficient (Wildman–Crippen LogP) is 3.70. The van der Waals surface area contributed by atoms with Gasteiger partial charge in [0.25, 0.3) is 0 Å². The summed E-state index contributed by atoms with van der Waals surface area (Å²) in [6.45, 7) is 7.34. The van der Waals surface area contributed by atoms with Crippen LogP contribution in [0.15, 0.2) is 48.1 Å². The topological polar surface area (TPSA) is 137 Å². The molecule has 0 spiro atoms. The van der Waals surface area contributed by atoms with Crippen LogP contribution in [0.25, 0.3) is 0 Å². The first-order chi connectivity index (χ1) is 16.0. The molecular weight excluding hydrogens is 440 g/mol. The van der Waals surface area contributed by atoms with Gasteiger partial charge in [0, 0.05) is 11.6 Å². The van der Waals surface area contributed by atoms with E-state index in [-0.39, 0.29) is 40.5 Å². The number of aliphatic hydroxyl groups excluding tert-OH is 2. The molecular formula is C26H30O8. The zero-order valence-corrected chi connectivity index (χ0v) is 19.4. The van der Waals surface area contributed by atoms with Gasteiger partial charge >= 0.3 is 0 Å². The minimum Gasteiger partial charge on any atom is -0.507 e. The summed E-state index contributed by atoms with van der Waals surface area (Å²) in [6.07, 6.45) is -0.316. The fourth-order valence-corrected chi connectivity index (χ4v) is 3.80. The molecule has 3 rings (SSSR count). The molecule has 0 bridgehead atoms. The van der Waals surface area contributed by atoms with Gasteiger partial charge < -0.3 is 35.0 Å². The fraction of sp³-hybridized carbons (Fsp3) is 0.346. The van der Waals surface area contributed by atoms with Crippen molar-refractivity contribution in [3.8, 4) is 28.7 Å². The number of hydrogen-bond acceptors (Lipinski definition) is 8. The summed E-state index contributed by atoms with van der Waals surface area (Å²) in [5.41, 5.74) is 1.91. The van der Waals surface area contributed by atoms with E-state index < -0.39 is 29.8 Å². The predicted molar refractivity (Wildman–Crippen MR) is 126 cm³/mol. The minimum atomic E-state index is -1.62. The van der Waals surface area contributed by atoms with E-state index >= 15 is 0 Å². The third-order valence-corrected chi connectivity index (χ3v) is 5.97. The van der Waals surface area contributed by atoms with Crippen molar-refractivity contribution in [3.63, 3.8) is 0 Å². The van der Waals surface area contributed by atoms with Gasteiger partial charge in [-0.2, -0.15) is 0 Å². The molecule has 2 aromatic rings. The van der Waals surface area contributed by atoms with Crippen molar-refractivity contribution in [1.29, 1.82) is 0 Å². The number of Topliss-reactive ketones (excluding diaryl/α,β-unsaturated/α-hetero) is 1. The molecule has 0 aliphatic carbocycles. The smallest absolute Gasteiger partial charge is 0.202 e. The summed E-state index contributed by atoms with van der Waals surface area (Å²) in [5, 5.41) is 51.6. The number of carbonyl (C=O) groups is 1. The number of aliphatic hydroxyl groups is 2. The third-order valence-electron chi connectivity index (χ3n) is 5.97. The molecule has 8 heteroatoms. The van der Waals surface area contributed by atoms with Crippen LogP contribution < -0.4 is 9.47 Å². The Labute approximate surface area is 198 Å². The first-order valence-corrected chi connectivity index (χ1v) is 10.9. The number of phenols is 3. The number of phenolic OH excluding ortho intramolecular Hbond substituents is 3. The van der Waals surface area contributed by atoms with Crippen LogP contribution >= 0.6 is 0 Å². The zero-order chi connectivity index (χ0) is 25.2. The molecule has 1 aliphatic heterocycles. The Balaban J connectivity index is 1.87. The number of methoxy groups -OCH3 is 1. The number of ether oxygens (including phenoxy) is 2. The minimum absolute atomic E-state index is 0.0589. The maximum Gasteiger partial charge on any atom is 0.202 e. The van der Waals surface area contributed by atoms with Gasteiger partial charge in [0.15, 0.2) is 23.7 Å². The summed E-state index contributed by atoms with van der Waals surface area (Å²) in [5.74, 6) is -1.48. The molecule has 0 aromatic heterocycles. The summed E-state index contributed by atoms with van der Waals surface area (Å²) < 4.78 is 10.9. The summed E-state index contributed by atoms with van der Waals surface area (Å²) in [7, 11) is 1.37. The monoisotopic (exact) mass is 470 g/mol. The van der Waals surface area contributed by atoms with Crippen LogP contribution in [-0.2, 0) is 6.42 Å². The van der Waals surface area contributed by atoms with Crippen molar-refractivity contribution in [2.45, 2.75) is 51.4 Å². The maximum absolute atomic E-state index is 13.0. The number of rotatable bonds is 8. The molecule has 0 radical (unpaired) electrons. The number of allylic oxidation sites excluding steroid dienone is 2. The van der Waals surface area contributed by atoms with Crippen molar-refractivity contribution >= 4 is 5.78 Å². The van der Waals surface area contributed by atoms with Crippen LogP contribution in [0.2, 0.25) is 0 Å². The zero-order valence-electron chi connectivity index (χ0n) is 19.4. The van der Waals surface area contributed by atoms with Gasteiger partial charge in [0.05, 0.1) is 13.2 Å². The molecule has 1 unspecified atom stereocenters. The largest absolute Gasteiger partial charge is 0.507 e. The highest BCUT2D eigenvalue weighted by Gasteiger charge is 2.40. The van der Waals surface area contributed by atoms with Crippen molar-refractivity contribution < 1.29 is 39.8 Å². The molecule has 8 nitrogen and oxygen atoms in total. The fourth-order valence-electron chi connectivity index (χ4n) is 3.80. The number of hydrogen-bond donors (Lipinski definition) is 5. The Morgan fingerprint density at radius 1 is 1.21 bits per heavy atom. The maximum atomic E-state index is 13.0. The third kappa shape index (κ3) is 5.03. The molecule has 182 valence electrons. The van der Waals surface area contributed by atoms with E-state index in [9.17, 15) is 30.3 Å². The Morgan fingerprint density at radius 3 is 2.56 bits per heavy atom. The molecule has 0 amide bonds. The Bertz CT molecular complexity index is 1130. The second-order valence-electron chi connectivity index (χ2n) is 8.53. The lowest BCUT2D eigenvalue weighted by molar-refractivity contribution is 0.0209. The van der Waals surface area contributed by atoms with Crippen molar-refractivity contribution in [2.24, 2.45) is 0 Å².